The third-order valence-electron chi connectivity index (χ3n) is 4.05. The number of carbonyl (C=O) groups is 1. The second kappa shape index (κ2) is 8.25. The number of nitrogens with one attached hydrogen (secondary N) is 1. The average Bonchev–Trinajstić information content (AvgIpc) is 3.03. The maximum absolute atomic E-state index is 12.1. The first kappa shape index (κ1) is 16.9. The number of amides is 1. The van der Waals surface area contributed by atoms with Crippen molar-refractivity contribution in [1.29, 1.82) is 0 Å². The van der Waals surface area contributed by atoms with E-state index in [0.29, 0.717) is 5.75 Å². The third-order valence-corrected chi connectivity index (χ3v) is 5.05. The second-order valence-corrected chi connectivity index (χ2v) is 7.18. The standard InChI is InChI=1S/C20H23NO2S/c1-15(11-17-7-8-19-18(12-17)9-10-23-19)21-20(22)14-24-13-16-5-3-2-4-6-16/h2-8,12,15H,9-11,13-14H2,1H3,(H,21,22)/t15-/m1/s1. The number of hydrogen-bond acceptors (Lipinski definition) is 3. The van der Waals surface area contributed by atoms with E-state index in [9.17, 15) is 4.79 Å². The summed E-state index contributed by atoms with van der Waals surface area (Å²) < 4.78 is 5.53. The zero-order valence-corrected chi connectivity index (χ0v) is 14.8. The summed E-state index contributed by atoms with van der Waals surface area (Å²) in [4.78, 5) is 12.1. The Kier molecular flexibility index (Phi) is 5.81. The van der Waals surface area contributed by atoms with Crippen LogP contribution in [0.5, 0.6) is 5.75 Å². The number of fused-ring (bicyclic) bond motifs is 1. The Balaban J connectivity index is 1.41. The van der Waals surface area contributed by atoms with Gasteiger partial charge in [-0.25, -0.2) is 0 Å². The lowest BCUT2D eigenvalue weighted by molar-refractivity contribution is -0.119. The average molecular weight is 341 g/mol. The summed E-state index contributed by atoms with van der Waals surface area (Å²) in [5.41, 5.74) is 3.79. The Morgan fingerprint density at radius 1 is 1.21 bits per heavy atom. The molecule has 1 aliphatic heterocycles. The number of benzene rings is 2. The molecule has 1 atom stereocenters. The quantitative estimate of drug-likeness (QED) is 0.836. The summed E-state index contributed by atoms with van der Waals surface area (Å²) in [7, 11) is 0. The Morgan fingerprint density at radius 2 is 2.04 bits per heavy atom. The molecule has 0 saturated carbocycles. The maximum Gasteiger partial charge on any atom is 0.230 e. The van der Waals surface area contributed by atoms with Crippen LogP contribution in [-0.2, 0) is 23.4 Å². The van der Waals surface area contributed by atoms with Crippen LogP contribution in [0.3, 0.4) is 0 Å². The van der Waals surface area contributed by atoms with Crippen LogP contribution in [0.2, 0.25) is 0 Å². The Morgan fingerprint density at radius 3 is 2.88 bits per heavy atom. The zero-order valence-electron chi connectivity index (χ0n) is 14.0. The summed E-state index contributed by atoms with van der Waals surface area (Å²) in [5, 5.41) is 3.09. The molecular weight excluding hydrogens is 318 g/mol. The van der Waals surface area contributed by atoms with Gasteiger partial charge in [-0.15, -0.1) is 11.8 Å². The summed E-state index contributed by atoms with van der Waals surface area (Å²) in [6.07, 6.45) is 1.84. The maximum atomic E-state index is 12.1. The van der Waals surface area contributed by atoms with Gasteiger partial charge in [-0.3, -0.25) is 4.79 Å². The molecule has 0 unspecified atom stereocenters. The molecule has 1 heterocycles. The second-order valence-electron chi connectivity index (χ2n) is 6.19. The molecule has 2 aromatic carbocycles. The fourth-order valence-electron chi connectivity index (χ4n) is 2.92. The van der Waals surface area contributed by atoms with Gasteiger partial charge in [-0.1, -0.05) is 42.5 Å². The minimum Gasteiger partial charge on any atom is -0.493 e. The predicted molar refractivity (Wildman–Crippen MR) is 99.6 cm³/mol. The van der Waals surface area contributed by atoms with Gasteiger partial charge in [0.05, 0.1) is 12.4 Å². The van der Waals surface area contributed by atoms with Gasteiger partial charge in [0.1, 0.15) is 5.75 Å². The first-order valence-corrected chi connectivity index (χ1v) is 9.52. The van der Waals surface area contributed by atoms with E-state index in [0.717, 1.165) is 31.0 Å². The van der Waals surface area contributed by atoms with Crippen molar-refractivity contribution < 1.29 is 9.53 Å². The van der Waals surface area contributed by atoms with Crippen LogP contribution in [0.25, 0.3) is 0 Å². The van der Waals surface area contributed by atoms with E-state index in [1.54, 1.807) is 11.8 Å². The smallest absolute Gasteiger partial charge is 0.230 e. The summed E-state index contributed by atoms with van der Waals surface area (Å²) >= 11 is 1.65. The van der Waals surface area contributed by atoms with Gasteiger partial charge in [-0.2, -0.15) is 0 Å². The molecule has 0 aromatic heterocycles. The van der Waals surface area contributed by atoms with Crippen LogP contribution in [0.4, 0.5) is 0 Å². The Bertz CT molecular complexity index is 687. The van der Waals surface area contributed by atoms with Crippen molar-refractivity contribution in [3.63, 3.8) is 0 Å². The minimum absolute atomic E-state index is 0.105. The van der Waals surface area contributed by atoms with Gasteiger partial charge in [0, 0.05) is 18.2 Å². The number of rotatable bonds is 7. The Hall–Kier alpha value is -1.94. The lowest BCUT2D eigenvalue weighted by Gasteiger charge is -2.14. The van der Waals surface area contributed by atoms with Crippen molar-refractivity contribution in [2.75, 3.05) is 12.4 Å². The van der Waals surface area contributed by atoms with Crippen molar-refractivity contribution in [2.45, 2.75) is 31.6 Å². The molecule has 0 radical (unpaired) electrons. The van der Waals surface area contributed by atoms with Crippen LogP contribution in [0.1, 0.15) is 23.6 Å². The summed E-state index contributed by atoms with van der Waals surface area (Å²) in [6, 6.07) is 16.7. The molecule has 4 heteroatoms. The SMILES string of the molecule is C[C@H](Cc1ccc2c(c1)CCO2)NC(=O)CSCc1ccccc1. The van der Waals surface area contributed by atoms with E-state index in [2.05, 4.69) is 36.5 Å². The summed E-state index contributed by atoms with van der Waals surface area (Å²) in [5.74, 6) is 2.48. The van der Waals surface area contributed by atoms with Crippen molar-refractivity contribution in [3.05, 3.63) is 65.2 Å². The van der Waals surface area contributed by atoms with Crippen molar-refractivity contribution in [1.82, 2.24) is 5.32 Å². The molecule has 1 amide bonds. The van der Waals surface area contributed by atoms with E-state index in [1.165, 1.54) is 16.7 Å². The molecule has 0 bridgehead atoms. The highest BCUT2D eigenvalue weighted by Gasteiger charge is 2.14. The number of ether oxygens (including phenoxy) is 1. The van der Waals surface area contributed by atoms with Crippen LogP contribution in [0.15, 0.2) is 48.5 Å². The molecule has 0 saturated heterocycles. The minimum atomic E-state index is 0.105. The fourth-order valence-corrected chi connectivity index (χ4v) is 3.72. The number of carbonyl (C=O) groups excluding carboxylic acids is 1. The largest absolute Gasteiger partial charge is 0.493 e. The van der Waals surface area contributed by atoms with Gasteiger partial charge >= 0.3 is 0 Å². The molecule has 0 spiro atoms. The first-order chi connectivity index (χ1) is 11.7. The zero-order chi connectivity index (χ0) is 16.8. The highest BCUT2D eigenvalue weighted by Crippen LogP contribution is 2.26. The molecule has 0 aliphatic carbocycles. The molecule has 0 fully saturated rings. The molecule has 24 heavy (non-hydrogen) atoms. The van der Waals surface area contributed by atoms with E-state index >= 15 is 0 Å². The number of thioether (sulfide) groups is 1. The lowest BCUT2D eigenvalue weighted by atomic mass is 10.0. The van der Waals surface area contributed by atoms with Crippen LogP contribution >= 0.6 is 11.8 Å². The van der Waals surface area contributed by atoms with Gasteiger partial charge < -0.3 is 10.1 Å². The summed E-state index contributed by atoms with van der Waals surface area (Å²) in [6.45, 7) is 2.84. The molecule has 2 aromatic rings. The van der Waals surface area contributed by atoms with Crippen molar-refractivity contribution in [3.8, 4) is 5.75 Å². The third kappa shape index (κ3) is 4.78. The highest BCUT2D eigenvalue weighted by atomic mass is 32.2. The van der Waals surface area contributed by atoms with Gasteiger partial charge in [0.2, 0.25) is 5.91 Å². The van der Waals surface area contributed by atoms with E-state index in [1.807, 2.05) is 24.3 Å². The van der Waals surface area contributed by atoms with Crippen LogP contribution < -0.4 is 10.1 Å². The Labute approximate surface area is 147 Å². The molecular formula is C20H23NO2S. The monoisotopic (exact) mass is 341 g/mol. The predicted octanol–water partition coefficient (Wildman–Crippen LogP) is 3.60. The molecule has 1 aliphatic rings. The normalized spacial score (nSPS) is 13.9. The van der Waals surface area contributed by atoms with Crippen molar-refractivity contribution >= 4 is 17.7 Å². The van der Waals surface area contributed by atoms with Crippen molar-refractivity contribution in [2.24, 2.45) is 0 Å². The van der Waals surface area contributed by atoms with Gasteiger partial charge in [0.25, 0.3) is 0 Å². The molecule has 126 valence electrons. The fraction of sp³-hybridized carbons (Fsp3) is 0.350. The van der Waals surface area contributed by atoms with Crippen LogP contribution in [-0.4, -0.2) is 24.3 Å². The number of hydrogen-bond donors (Lipinski definition) is 1. The first-order valence-electron chi connectivity index (χ1n) is 8.36. The molecule has 3 rings (SSSR count). The van der Waals surface area contributed by atoms with E-state index < -0.39 is 0 Å². The highest BCUT2D eigenvalue weighted by molar-refractivity contribution is 7.99. The molecule has 3 nitrogen and oxygen atoms in total. The topological polar surface area (TPSA) is 38.3 Å². The van der Waals surface area contributed by atoms with E-state index in [-0.39, 0.29) is 11.9 Å². The molecule has 1 N–H and O–H groups in total. The lowest BCUT2D eigenvalue weighted by Crippen LogP contribution is -2.35. The van der Waals surface area contributed by atoms with Gasteiger partial charge in [0.15, 0.2) is 0 Å². The van der Waals surface area contributed by atoms with Crippen LogP contribution in [0, 0.1) is 0 Å². The van der Waals surface area contributed by atoms with E-state index in [4.69, 9.17) is 4.74 Å². The van der Waals surface area contributed by atoms with Gasteiger partial charge in [-0.05, 0) is 36.1 Å².